The Morgan fingerprint density at radius 1 is 1.62 bits per heavy atom. The van der Waals surface area contributed by atoms with Crippen LogP contribution >= 0.6 is 0 Å². The molecule has 13 heavy (non-hydrogen) atoms. The van der Waals surface area contributed by atoms with Crippen LogP contribution in [0.3, 0.4) is 0 Å². The molecule has 1 aliphatic carbocycles. The van der Waals surface area contributed by atoms with E-state index in [2.05, 4.69) is 0 Å². The third kappa shape index (κ3) is 1.64. The lowest BCUT2D eigenvalue weighted by Crippen LogP contribution is -2.50. The van der Waals surface area contributed by atoms with Crippen molar-refractivity contribution in [2.45, 2.75) is 24.2 Å². The molecule has 6 heteroatoms. The second-order valence-electron chi connectivity index (χ2n) is 2.99. The van der Waals surface area contributed by atoms with Crippen LogP contribution in [0.1, 0.15) is 6.42 Å². The van der Waals surface area contributed by atoms with E-state index in [0.717, 1.165) is 0 Å². The van der Waals surface area contributed by atoms with Crippen LogP contribution in [0.5, 0.6) is 0 Å². The van der Waals surface area contributed by atoms with Gasteiger partial charge in [0.05, 0.1) is 12.2 Å². The maximum atomic E-state index is 10.8. The fourth-order valence-electron chi connectivity index (χ4n) is 1.15. The zero-order valence-electron chi connectivity index (χ0n) is 6.54. The molecule has 1 aliphatic rings. The van der Waals surface area contributed by atoms with Crippen LogP contribution in [0, 0.1) is 0 Å². The molecule has 0 aliphatic heterocycles. The highest BCUT2D eigenvalue weighted by atomic mass is 16.4. The standard InChI is InChI=1S/C7H10O6/c8-3-1-7(13,6(11)12)2-4(9)5(3)10/h1,4-5,8-10,13H,2H2,(H,11,12)/p-1/t4-,5-,7+/m1/s1. The molecule has 3 atom stereocenters. The zero-order valence-corrected chi connectivity index (χ0v) is 6.54. The third-order valence-corrected chi connectivity index (χ3v) is 1.93. The number of carbonyl (C=O) groups is 1. The Bertz CT molecular complexity index is 260. The van der Waals surface area contributed by atoms with Gasteiger partial charge in [0.2, 0.25) is 0 Å². The summed E-state index contributed by atoms with van der Waals surface area (Å²) in [6, 6.07) is 0. The van der Waals surface area contributed by atoms with Gasteiger partial charge in [0.25, 0.3) is 0 Å². The summed E-state index contributed by atoms with van der Waals surface area (Å²) in [6.07, 6.45) is -3.26. The highest BCUT2D eigenvalue weighted by molar-refractivity contribution is 5.80. The Hall–Kier alpha value is -1.11. The number of rotatable bonds is 1. The zero-order chi connectivity index (χ0) is 10.2. The fraction of sp³-hybridized carbons (Fsp3) is 0.571. The molecule has 0 aromatic rings. The van der Waals surface area contributed by atoms with Crippen molar-refractivity contribution in [3.8, 4) is 0 Å². The number of carboxylic acids is 1. The minimum absolute atomic E-state index is 0.507. The molecule has 0 bridgehead atoms. The maximum absolute atomic E-state index is 10.8. The van der Waals surface area contributed by atoms with Crippen LogP contribution in [-0.2, 0) is 4.79 Å². The van der Waals surface area contributed by atoms with E-state index in [0.29, 0.717) is 6.08 Å². The van der Waals surface area contributed by atoms with Gasteiger partial charge < -0.3 is 25.5 Å². The third-order valence-electron chi connectivity index (χ3n) is 1.93. The van der Waals surface area contributed by atoms with Crippen molar-refractivity contribution in [1.29, 1.82) is 0 Å². The predicted molar refractivity (Wildman–Crippen MR) is 37.3 cm³/mol. The Labute approximate surface area is 73.4 Å². The van der Waals surface area contributed by atoms with Crippen molar-refractivity contribution in [3.05, 3.63) is 11.8 Å². The van der Waals surface area contributed by atoms with Crippen molar-refractivity contribution in [2.75, 3.05) is 0 Å². The molecule has 0 unspecified atom stereocenters. The van der Waals surface area contributed by atoms with Gasteiger partial charge in [-0.2, -0.15) is 0 Å². The minimum atomic E-state index is -2.37. The van der Waals surface area contributed by atoms with Gasteiger partial charge in [-0.25, -0.2) is 4.79 Å². The first kappa shape index (κ1) is 9.97. The molecular weight excluding hydrogens is 180 g/mol. The molecule has 0 saturated heterocycles. The molecule has 6 nitrogen and oxygen atoms in total. The smallest absolute Gasteiger partial charge is 0.339 e. The number of hydrogen-bond acceptors (Lipinski definition) is 5. The molecule has 0 fully saturated rings. The van der Waals surface area contributed by atoms with Crippen LogP contribution < -0.4 is 5.11 Å². The first-order valence-electron chi connectivity index (χ1n) is 3.58. The highest BCUT2D eigenvalue weighted by Crippen LogP contribution is 2.25. The molecule has 0 aromatic carbocycles. The molecule has 0 aromatic heterocycles. The molecule has 0 spiro atoms. The van der Waals surface area contributed by atoms with Gasteiger partial charge in [-0.1, -0.05) is 6.08 Å². The summed E-state index contributed by atoms with van der Waals surface area (Å²) in [4.78, 5) is 10.4. The summed E-state index contributed by atoms with van der Waals surface area (Å²) in [7, 11) is 0. The van der Waals surface area contributed by atoms with Gasteiger partial charge in [0, 0.05) is 6.42 Å². The van der Waals surface area contributed by atoms with E-state index in [1.54, 1.807) is 0 Å². The van der Waals surface area contributed by atoms with E-state index in [4.69, 9.17) is 15.3 Å². The SMILES string of the molecule is O=C(O)[C@]1(O)C=C([O-])[C@@H](O)[C@H](O)C1. The van der Waals surface area contributed by atoms with Crippen molar-refractivity contribution >= 4 is 5.97 Å². The number of hydrogen-bond donors (Lipinski definition) is 4. The monoisotopic (exact) mass is 189 g/mol. The second kappa shape index (κ2) is 2.99. The van der Waals surface area contributed by atoms with Crippen LogP contribution in [0.15, 0.2) is 11.8 Å². The van der Waals surface area contributed by atoms with Gasteiger partial charge in [0.15, 0.2) is 5.60 Å². The average Bonchev–Trinajstić information content (AvgIpc) is 2.00. The lowest BCUT2D eigenvalue weighted by atomic mass is 9.86. The van der Waals surface area contributed by atoms with Crippen molar-refractivity contribution in [2.24, 2.45) is 0 Å². The number of carboxylic acid groups (broad SMARTS) is 1. The summed E-state index contributed by atoms with van der Waals surface area (Å²) in [5, 5.41) is 46.5. The topological polar surface area (TPSA) is 121 Å². The molecule has 0 saturated carbocycles. The maximum Gasteiger partial charge on any atom is 0.339 e. The van der Waals surface area contributed by atoms with Gasteiger partial charge in [-0.3, -0.25) is 0 Å². The van der Waals surface area contributed by atoms with Crippen molar-refractivity contribution in [1.82, 2.24) is 0 Å². The average molecular weight is 189 g/mol. The van der Waals surface area contributed by atoms with Crippen LogP contribution in [-0.4, -0.2) is 44.2 Å². The van der Waals surface area contributed by atoms with Crippen LogP contribution in [0.4, 0.5) is 0 Å². The summed E-state index contributed by atoms with van der Waals surface area (Å²) in [5.74, 6) is -2.60. The highest BCUT2D eigenvalue weighted by Gasteiger charge is 2.41. The van der Waals surface area contributed by atoms with Gasteiger partial charge in [-0.15, -0.1) is 5.76 Å². The van der Waals surface area contributed by atoms with E-state index >= 15 is 0 Å². The molecule has 1 rings (SSSR count). The van der Waals surface area contributed by atoms with Gasteiger partial charge in [-0.05, 0) is 0 Å². The number of aliphatic hydroxyl groups is 3. The summed E-state index contributed by atoms with van der Waals surface area (Å²) in [6.45, 7) is 0. The molecule has 0 radical (unpaired) electrons. The van der Waals surface area contributed by atoms with E-state index < -0.39 is 36.0 Å². The molecule has 0 heterocycles. The molecule has 0 amide bonds. The molecule has 4 N–H and O–H groups in total. The number of aliphatic carboxylic acids is 1. The normalized spacial score (nSPS) is 39.8. The molecule has 74 valence electrons. The van der Waals surface area contributed by atoms with E-state index in [-0.39, 0.29) is 0 Å². The lowest BCUT2D eigenvalue weighted by Gasteiger charge is -2.35. The van der Waals surface area contributed by atoms with E-state index in [9.17, 15) is 15.0 Å². The fourth-order valence-corrected chi connectivity index (χ4v) is 1.15. The summed E-state index contributed by atoms with van der Waals surface area (Å²) >= 11 is 0. The lowest BCUT2D eigenvalue weighted by molar-refractivity contribution is -0.330. The number of aliphatic hydroxyl groups excluding tert-OH is 2. The van der Waals surface area contributed by atoms with Crippen molar-refractivity contribution < 1.29 is 30.3 Å². The van der Waals surface area contributed by atoms with Gasteiger partial charge in [0.1, 0.15) is 0 Å². The first-order valence-corrected chi connectivity index (χ1v) is 3.58. The molecular formula is C7H9O6-. The quantitative estimate of drug-likeness (QED) is 0.353. The predicted octanol–water partition coefficient (Wildman–Crippen LogP) is -2.83. The second-order valence-corrected chi connectivity index (χ2v) is 2.99. The largest absolute Gasteiger partial charge is 0.874 e. The Morgan fingerprint density at radius 3 is 2.54 bits per heavy atom. The van der Waals surface area contributed by atoms with Crippen LogP contribution in [0.25, 0.3) is 0 Å². The van der Waals surface area contributed by atoms with E-state index in [1.165, 1.54) is 0 Å². The summed E-state index contributed by atoms with van der Waals surface area (Å²) in [5.41, 5.74) is -2.37. The Balaban J connectivity index is 3.00. The van der Waals surface area contributed by atoms with Gasteiger partial charge >= 0.3 is 5.97 Å². The van der Waals surface area contributed by atoms with Crippen LogP contribution in [0.2, 0.25) is 0 Å². The summed E-state index contributed by atoms with van der Waals surface area (Å²) < 4.78 is 0. The first-order chi connectivity index (χ1) is 5.87. The van der Waals surface area contributed by atoms with E-state index in [1.807, 2.05) is 0 Å². The Kier molecular flexibility index (Phi) is 2.29. The minimum Gasteiger partial charge on any atom is -0.874 e. The van der Waals surface area contributed by atoms with Crippen molar-refractivity contribution in [3.63, 3.8) is 0 Å². The Morgan fingerprint density at radius 2 is 2.15 bits per heavy atom.